The largest absolute Gasteiger partial charge is 0.340 e. The maximum atomic E-state index is 4.47. The summed E-state index contributed by atoms with van der Waals surface area (Å²) in [6, 6.07) is 7.91. The van der Waals surface area contributed by atoms with Crippen LogP contribution in [0.15, 0.2) is 40.2 Å². The van der Waals surface area contributed by atoms with E-state index in [2.05, 4.69) is 41.2 Å². The molecule has 19 heavy (non-hydrogen) atoms. The molecule has 0 saturated carbocycles. The lowest BCUT2D eigenvalue weighted by Crippen LogP contribution is -1.98. The molecule has 96 valence electrons. The Balaban J connectivity index is 2.06. The number of hydrogen-bond donors (Lipinski definition) is 2. The summed E-state index contributed by atoms with van der Waals surface area (Å²) in [7, 11) is 0. The van der Waals surface area contributed by atoms with Gasteiger partial charge in [-0.25, -0.2) is 15.0 Å². The molecule has 2 aromatic heterocycles. The molecule has 0 bridgehead atoms. The first-order chi connectivity index (χ1) is 9.26. The lowest BCUT2D eigenvalue weighted by atomic mass is 10.3. The van der Waals surface area contributed by atoms with Gasteiger partial charge in [-0.3, -0.25) is 0 Å². The number of aromatic nitrogens is 4. The number of anilines is 2. The first-order valence-corrected chi connectivity index (χ1v) is 7.56. The fraction of sp³-hybridized carbons (Fsp3) is 0.0833. The molecule has 0 radical (unpaired) electrons. The Morgan fingerprint density at radius 3 is 3.00 bits per heavy atom. The Morgan fingerprint density at radius 2 is 2.21 bits per heavy atom. The molecule has 3 aromatic rings. The van der Waals surface area contributed by atoms with Crippen molar-refractivity contribution in [3.63, 3.8) is 0 Å². The number of thioether (sulfide) groups is 1. The number of benzene rings is 1. The zero-order valence-electron chi connectivity index (χ0n) is 10.0. The molecule has 0 amide bonds. The number of imidazole rings is 1. The van der Waals surface area contributed by atoms with Crippen LogP contribution in [-0.4, -0.2) is 26.2 Å². The summed E-state index contributed by atoms with van der Waals surface area (Å²) >= 11 is 4.94. The van der Waals surface area contributed by atoms with Gasteiger partial charge in [0.2, 0.25) is 0 Å². The van der Waals surface area contributed by atoms with E-state index in [9.17, 15) is 0 Å². The predicted octanol–water partition coefficient (Wildman–Crippen LogP) is 3.58. The summed E-state index contributed by atoms with van der Waals surface area (Å²) < 4.78 is 1.01. The Labute approximate surface area is 122 Å². The highest BCUT2D eigenvalue weighted by molar-refractivity contribution is 9.10. The van der Waals surface area contributed by atoms with Crippen LogP contribution in [0.3, 0.4) is 0 Å². The van der Waals surface area contributed by atoms with Crippen LogP contribution < -0.4 is 5.32 Å². The number of H-pyrrole nitrogens is 1. The third kappa shape index (κ3) is 2.57. The van der Waals surface area contributed by atoms with Crippen molar-refractivity contribution in [2.45, 2.75) is 5.16 Å². The second-order valence-electron chi connectivity index (χ2n) is 3.80. The number of fused-ring (bicyclic) bond motifs is 1. The molecule has 0 atom stereocenters. The van der Waals surface area contributed by atoms with Gasteiger partial charge in [0, 0.05) is 10.2 Å². The molecule has 0 aliphatic rings. The number of halogens is 1. The highest BCUT2D eigenvalue weighted by Gasteiger charge is 2.09. The molecule has 3 rings (SSSR count). The van der Waals surface area contributed by atoms with Crippen LogP contribution in [0.4, 0.5) is 11.5 Å². The molecule has 0 aliphatic carbocycles. The lowest BCUT2D eigenvalue weighted by molar-refractivity contribution is 1.00. The zero-order valence-corrected chi connectivity index (χ0v) is 12.4. The Morgan fingerprint density at radius 1 is 1.32 bits per heavy atom. The first kappa shape index (κ1) is 12.4. The lowest BCUT2D eigenvalue weighted by Gasteiger charge is -2.07. The molecule has 7 heteroatoms. The van der Waals surface area contributed by atoms with Crippen LogP contribution in [0.2, 0.25) is 0 Å². The fourth-order valence-corrected chi connectivity index (χ4v) is 2.46. The number of nitrogens with zero attached hydrogens (tertiary/aromatic N) is 3. The maximum Gasteiger partial charge on any atom is 0.191 e. The molecule has 2 N–H and O–H groups in total. The van der Waals surface area contributed by atoms with Crippen LogP contribution in [-0.2, 0) is 0 Å². The van der Waals surface area contributed by atoms with Crippen LogP contribution in [0, 0.1) is 0 Å². The average Bonchev–Trinajstić information content (AvgIpc) is 2.87. The zero-order chi connectivity index (χ0) is 13.2. The van der Waals surface area contributed by atoms with Crippen LogP contribution >= 0.6 is 27.7 Å². The average molecular weight is 336 g/mol. The van der Waals surface area contributed by atoms with Crippen molar-refractivity contribution < 1.29 is 0 Å². The van der Waals surface area contributed by atoms with E-state index in [4.69, 9.17) is 0 Å². The van der Waals surface area contributed by atoms with Crippen molar-refractivity contribution in [1.29, 1.82) is 0 Å². The van der Waals surface area contributed by atoms with E-state index in [1.54, 1.807) is 6.33 Å². The molecule has 0 saturated heterocycles. The van der Waals surface area contributed by atoms with Gasteiger partial charge < -0.3 is 10.3 Å². The highest BCUT2D eigenvalue weighted by atomic mass is 79.9. The van der Waals surface area contributed by atoms with Crippen molar-refractivity contribution in [3.8, 4) is 0 Å². The van der Waals surface area contributed by atoms with Gasteiger partial charge in [0.05, 0.1) is 6.33 Å². The Kier molecular flexibility index (Phi) is 3.39. The van der Waals surface area contributed by atoms with E-state index in [1.807, 2.05) is 30.5 Å². The molecular formula is C12H10BrN5S. The smallest absolute Gasteiger partial charge is 0.191 e. The van der Waals surface area contributed by atoms with Crippen molar-refractivity contribution in [1.82, 2.24) is 19.9 Å². The normalized spacial score (nSPS) is 10.8. The quantitative estimate of drug-likeness (QED) is 0.565. The minimum atomic E-state index is 0.664. The topological polar surface area (TPSA) is 66.5 Å². The summed E-state index contributed by atoms with van der Waals surface area (Å²) in [6.07, 6.45) is 3.56. The second kappa shape index (κ2) is 5.18. The van der Waals surface area contributed by atoms with Crippen molar-refractivity contribution in [3.05, 3.63) is 35.1 Å². The molecule has 0 spiro atoms. The van der Waals surface area contributed by atoms with Gasteiger partial charge >= 0.3 is 0 Å². The van der Waals surface area contributed by atoms with Gasteiger partial charge in [0.1, 0.15) is 5.52 Å². The standard InChI is InChI=1S/C12H10BrN5S/c1-19-12-17-10-9(14-6-15-10)11(18-12)16-8-4-2-3-7(13)5-8/h2-6H,1H3,(H2,14,15,16,17,18). The number of nitrogens with one attached hydrogen (secondary N) is 2. The van der Waals surface area contributed by atoms with Crippen LogP contribution in [0.1, 0.15) is 0 Å². The van der Waals surface area contributed by atoms with Gasteiger partial charge in [0.15, 0.2) is 16.6 Å². The summed E-state index contributed by atoms with van der Waals surface area (Å²) in [5, 5.41) is 3.97. The van der Waals surface area contributed by atoms with Gasteiger partial charge in [-0.1, -0.05) is 33.8 Å². The molecule has 0 unspecified atom stereocenters. The van der Waals surface area contributed by atoms with E-state index >= 15 is 0 Å². The fourth-order valence-electron chi connectivity index (χ4n) is 1.70. The highest BCUT2D eigenvalue weighted by Crippen LogP contribution is 2.25. The summed E-state index contributed by atoms with van der Waals surface area (Å²) in [5.74, 6) is 0.727. The minimum Gasteiger partial charge on any atom is -0.340 e. The SMILES string of the molecule is CSc1nc(Nc2cccc(Br)c2)c2[nH]cnc2n1. The van der Waals surface area contributed by atoms with Crippen molar-refractivity contribution in [2.75, 3.05) is 11.6 Å². The van der Waals surface area contributed by atoms with E-state index in [0.29, 0.717) is 10.8 Å². The van der Waals surface area contributed by atoms with Crippen molar-refractivity contribution >= 4 is 50.4 Å². The van der Waals surface area contributed by atoms with E-state index in [0.717, 1.165) is 21.5 Å². The summed E-state index contributed by atoms with van der Waals surface area (Å²) in [5.41, 5.74) is 2.42. The van der Waals surface area contributed by atoms with Crippen LogP contribution in [0.5, 0.6) is 0 Å². The summed E-state index contributed by atoms with van der Waals surface area (Å²) in [4.78, 5) is 16.0. The van der Waals surface area contributed by atoms with Gasteiger partial charge in [0.25, 0.3) is 0 Å². The molecule has 5 nitrogen and oxygen atoms in total. The first-order valence-electron chi connectivity index (χ1n) is 5.54. The van der Waals surface area contributed by atoms with E-state index in [-0.39, 0.29) is 0 Å². The van der Waals surface area contributed by atoms with E-state index in [1.165, 1.54) is 11.8 Å². The maximum absolute atomic E-state index is 4.47. The molecule has 2 heterocycles. The third-order valence-electron chi connectivity index (χ3n) is 2.54. The molecule has 0 fully saturated rings. The second-order valence-corrected chi connectivity index (χ2v) is 5.48. The number of hydrogen-bond acceptors (Lipinski definition) is 5. The van der Waals surface area contributed by atoms with Crippen molar-refractivity contribution in [2.24, 2.45) is 0 Å². The number of aromatic amines is 1. The van der Waals surface area contributed by atoms with Crippen LogP contribution in [0.25, 0.3) is 11.2 Å². The third-order valence-corrected chi connectivity index (χ3v) is 3.58. The Hall–Kier alpha value is -1.60. The predicted molar refractivity (Wildman–Crippen MR) is 80.9 cm³/mol. The number of rotatable bonds is 3. The molecular weight excluding hydrogens is 326 g/mol. The molecule has 1 aromatic carbocycles. The summed E-state index contributed by atoms with van der Waals surface area (Å²) in [6.45, 7) is 0. The van der Waals surface area contributed by atoms with Gasteiger partial charge in [-0.2, -0.15) is 0 Å². The monoisotopic (exact) mass is 335 g/mol. The molecule has 0 aliphatic heterocycles. The Bertz CT molecular complexity index is 727. The van der Waals surface area contributed by atoms with Gasteiger partial charge in [-0.05, 0) is 24.5 Å². The van der Waals surface area contributed by atoms with Gasteiger partial charge in [-0.15, -0.1) is 0 Å². The van der Waals surface area contributed by atoms with E-state index < -0.39 is 0 Å². The minimum absolute atomic E-state index is 0.664.